The smallest absolute Gasteiger partial charge is 0.0945 e. The van der Waals surface area contributed by atoms with Gasteiger partial charge in [0.2, 0.25) is 0 Å². The number of hydrogen-bond acceptors (Lipinski definition) is 2. The normalized spacial score (nSPS) is 22.2. The number of hydrogen-bond donors (Lipinski definition) is 1. The Morgan fingerprint density at radius 3 is 2.29 bits per heavy atom. The van der Waals surface area contributed by atoms with Gasteiger partial charge in [0, 0.05) is 12.1 Å². The summed E-state index contributed by atoms with van der Waals surface area (Å²) in [5.74, 6) is 0. The van der Waals surface area contributed by atoms with E-state index in [0.717, 1.165) is 12.0 Å². The monoisotopic (exact) mass is 289 g/mol. The van der Waals surface area contributed by atoms with Crippen LogP contribution in [0.15, 0.2) is 30.3 Å². The summed E-state index contributed by atoms with van der Waals surface area (Å²) in [6, 6.07) is 10.9. The molecule has 0 saturated heterocycles. The van der Waals surface area contributed by atoms with E-state index in [-0.39, 0.29) is 6.04 Å². The van der Waals surface area contributed by atoms with Gasteiger partial charge in [-0.05, 0) is 50.1 Å². The number of aliphatic hydroxyl groups excluding tert-OH is 1. The molecule has 0 aromatic heterocycles. The molecule has 0 bridgehead atoms. The highest BCUT2D eigenvalue weighted by molar-refractivity contribution is 5.19. The first-order valence-corrected chi connectivity index (χ1v) is 8.39. The lowest BCUT2D eigenvalue weighted by molar-refractivity contribution is 0.0161. The van der Waals surface area contributed by atoms with E-state index in [0.29, 0.717) is 11.5 Å². The van der Waals surface area contributed by atoms with Gasteiger partial charge >= 0.3 is 0 Å². The maximum absolute atomic E-state index is 10.7. The average molecular weight is 289 g/mol. The van der Waals surface area contributed by atoms with Gasteiger partial charge in [0.15, 0.2) is 0 Å². The molecule has 1 aliphatic rings. The molecule has 2 rings (SSSR count). The number of benzene rings is 1. The van der Waals surface area contributed by atoms with Crippen LogP contribution in [0.4, 0.5) is 0 Å². The molecule has 1 aliphatic carbocycles. The fraction of sp³-hybridized carbons (Fsp3) is 0.684. The third-order valence-corrected chi connectivity index (χ3v) is 5.33. The van der Waals surface area contributed by atoms with E-state index in [1.807, 2.05) is 30.3 Å². The predicted octanol–water partition coefficient (Wildman–Crippen LogP) is 4.40. The highest BCUT2D eigenvalue weighted by atomic mass is 16.3. The molecule has 118 valence electrons. The molecule has 0 amide bonds. The van der Waals surface area contributed by atoms with Crippen LogP contribution in [0.3, 0.4) is 0 Å². The van der Waals surface area contributed by atoms with Gasteiger partial charge in [-0.15, -0.1) is 0 Å². The first-order chi connectivity index (χ1) is 9.94. The van der Waals surface area contributed by atoms with Gasteiger partial charge in [0.05, 0.1) is 6.10 Å². The van der Waals surface area contributed by atoms with E-state index in [9.17, 15) is 5.11 Å². The van der Waals surface area contributed by atoms with Crippen LogP contribution in [0.5, 0.6) is 0 Å². The number of nitrogens with zero attached hydrogens (tertiary/aromatic N) is 1. The maximum Gasteiger partial charge on any atom is 0.0945 e. The average Bonchev–Trinajstić information content (AvgIpc) is 2.48. The van der Waals surface area contributed by atoms with E-state index in [4.69, 9.17) is 0 Å². The summed E-state index contributed by atoms with van der Waals surface area (Å²) in [5, 5.41) is 10.7. The molecule has 0 heterocycles. The number of aliphatic hydroxyl groups is 1. The Morgan fingerprint density at radius 2 is 1.76 bits per heavy atom. The number of rotatable bonds is 5. The molecule has 1 aromatic rings. The van der Waals surface area contributed by atoms with Crippen molar-refractivity contribution in [1.29, 1.82) is 0 Å². The second-order valence-electron chi connectivity index (χ2n) is 7.39. The summed E-state index contributed by atoms with van der Waals surface area (Å²) >= 11 is 0. The molecule has 0 aliphatic heterocycles. The zero-order chi connectivity index (χ0) is 15.5. The van der Waals surface area contributed by atoms with Gasteiger partial charge in [-0.2, -0.15) is 0 Å². The Kier molecular flexibility index (Phi) is 5.45. The Morgan fingerprint density at radius 1 is 1.19 bits per heavy atom. The molecule has 0 radical (unpaired) electrons. The third-order valence-electron chi connectivity index (χ3n) is 5.33. The summed E-state index contributed by atoms with van der Waals surface area (Å²) in [6.07, 6.45) is 5.67. The summed E-state index contributed by atoms with van der Waals surface area (Å²) in [4.78, 5) is 2.44. The van der Waals surface area contributed by atoms with E-state index in [1.54, 1.807) is 0 Å². The molecule has 1 fully saturated rings. The van der Waals surface area contributed by atoms with Crippen LogP contribution < -0.4 is 0 Å². The SMILES string of the molecule is CCC(C(O)c1ccccc1)N(C)C1CCC(C)(C)CC1. The molecule has 0 spiro atoms. The van der Waals surface area contributed by atoms with Crippen LogP contribution in [0.2, 0.25) is 0 Å². The van der Waals surface area contributed by atoms with Crippen molar-refractivity contribution in [2.45, 2.75) is 71.1 Å². The second kappa shape index (κ2) is 6.93. The minimum atomic E-state index is -0.392. The molecule has 1 aromatic carbocycles. The van der Waals surface area contributed by atoms with E-state index < -0.39 is 6.10 Å². The zero-order valence-corrected chi connectivity index (χ0v) is 14.0. The van der Waals surface area contributed by atoms with E-state index in [1.165, 1.54) is 25.7 Å². The van der Waals surface area contributed by atoms with Crippen LogP contribution in [0.1, 0.15) is 64.5 Å². The third kappa shape index (κ3) is 4.08. The first kappa shape index (κ1) is 16.5. The molecule has 2 unspecified atom stereocenters. The fourth-order valence-electron chi connectivity index (χ4n) is 3.67. The van der Waals surface area contributed by atoms with Gasteiger partial charge in [-0.25, -0.2) is 0 Å². The van der Waals surface area contributed by atoms with Crippen molar-refractivity contribution in [3.05, 3.63) is 35.9 Å². The maximum atomic E-state index is 10.7. The van der Waals surface area contributed by atoms with Crippen molar-refractivity contribution >= 4 is 0 Å². The molecule has 2 atom stereocenters. The first-order valence-electron chi connectivity index (χ1n) is 8.39. The molecule has 1 N–H and O–H groups in total. The largest absolute Gasteiger partial charge is 0.387 e. The van der Waals surface area contributed by atoms with Gasteiger partial charge < -0.3 is 5.11 Å². The Bertz CT molecular complexity index is 418. The van der Waals surface area contributed by atoms with Crippen LogP contribution in [-0.4, -0.2) is 29.1 Å². The van der Waals surface area contributed by atoms with Crippen molar-refractivity contribution in [2.75, 3.05) is 7.05 Å². The van der Waals surface area contributed by atoms with Crippen LogP contribution in [0.25, 0.3) is 0 Å². The standard InChI is InChI=1S/C19H31NO/c1-5-17(18(21)15-9-7-6-8-10-15)20(4)16-11-13-19(2,3)14-12-16/h6-10,16-18,21H,5,11-14H2,1-4H3. The Balaban J connectivity index is 2.03. The van der Waals surface area contributed by atoms with Crippen molar-refractivity contribution < 1.29 is 5.11 Å². The van der Waals surface area contributed by atoms with Crippen molar-refractivity contribution in [1.82, 2.24) is 4.90 Å². The molecule has 2 heteroatoms. The topological polar surface area (TPSA) is 23.5 Å². The minimum Gasteiger partial charge on any atom is -0.387 e. The van der Waals surface area contributed by atoms with Crippen molar-refractivity contribution in [3.63, 3.8) is 0 Å². The lowest BCUT2D eigenvalue weighted by Crippen LogP contribution is -2.45. The summed E-state index contributed by atoms with van der Waals surface area (Å²) in [5.41, 5.74) is 1.53. The Hall–Kier alpha value is -0.860. The quantitative estimate of drug-likeness (QED) is 0.868. The van der Waals surface area contributed by atoms with Gasteiger partial charge in [0.25, 0.3) is 0 Å². The second-order valence-corrected chi connectivity index (χ2v) is 7.39. The molecular weight excluding hydrogens is 258 g/mol. The summed E-state index contributed by atoms with van der Waals surface area (Å²) in [6.45, 7) is 6.93. The molecular formula is C19H31NO. The lowest BCUT2D eigenvalue weighted by atomic mass is 9.75. The highest BCUT2D eigenvalue weighted by Crippen LogP contribution is 2.38. The molecule has 2 nitrogen and oxygen atoms in total. The molecule has 1 saturated carbocycles. The van der Waals surface area contributed by atoms with Crippen LogP contribution in [-0.2, 0) is 0 Å². The summed E-state index contributed by atoms with van der Waals surface area (Å²) in [7, 11) is 2.20. The predicted molar refractivity (Wildman–Crippen MR) is 89.3 cm³/mol. The minimum absolute atomic E-state index is 0.207. The van der Waals surface area contributed by atoms with E-state index in [2.05, 4.69) is 32.7 Å². The summed E-state index contributed by atoms with van der Waals surface area (Å²) < 4.78 is 0. The zero-order valence-electron chi connectivity index (χ0n) is 14.0. The van der Waals surface area contributed by atoms with Crippen molar-refractivity contribution in [3.8, 4) is 0 Å². The molecule has 21 heavy (non-hydrogen) atoms. The van der Waals surface area contributed by atoms with Crippen molar-refractivity contribution in [2.24, 2.45) is 5.41 Å². The van der Waals surface area contributed by atoms with Crippen LogP contribution >= 0.6 is 0 Å². The Labute approximate surface area is 130 Å². The van der Waals surface area contributed by atoms with E-state index >= 15 is 0 Å². The van der Waals surface area contributed by atoms with Crippen LogP contribution in [0, 0.1) is 5.41 Å². The highest BCUT2D eigenvalue weighted by Gasteiger charge is 2.33. The number of likely N-dealkylation sites (N-methyl/N-ethyl adjacent to an activating group) is 1. The fourth-order valence-corrected chi connectivity index (χ4v) is 3.67. The van der Waals surface area contributed by atoms with Gasteiger partial charge in [-0.1, -0.05) is 51.1 Å². The lowest BCUT2D eigenvalue weighted by Gasteiger charge is -2.43. The van der Waals surface area contributed by atoms with Gasteiger partial charge in [-0.3, -0.25) is 4.90 Å². The van der Waals surface area contributed by atoms with Gasteiger partial charge in [0.1, 0.15) is 0 Å².